The Bertz CT molecular complexity index is 1060. The third kappa shape index (κ3) is 3.63. The Hall–Kier alpha value is -3.34. The Morgan fingerprint density at radius 2 is 1.77 bits per heavy atom. The van der Waals surface area contributed by atoms with Gasteiger partial charge in [-0.05, 0) is 78.4 Å². The molecular weight excluding hydrogens is 381 g/mol. The number of anilines is 1. The van der Waals surface area contributed by atoms with Gasteiger partial charge in [-0.25, -0.2) is 4.39 Å². The van der Waals surface area contributed by atoms with Crippen molar-refractivity contribution in [3.8, 4) is 5.75 Å². The lowest BCUT2D eigenvalue weighted by Crippen LogP contribution is -2.49. The van der Waals surface area contributed by atoms with Gasteiger partial charge < -0.3 is 15.1 Å². The molecule has 0 saturated heterocycles. The molecule has 0 bridgehead atoms. The summed E-state index contributed by atoms with van der Waals surface area (Å²) >= 11 is 0. The summed E-state index contributed by atoms with van der Waals surface area (Å²) in [4.78, 5) is 13.1. The van der Waals surface area contributed by atoms with Crippen molar-refractivity contribution in [3.63, 3.8) is 0 Å². The third-order valence-electron chi connectivity index (χ3n) is 6.04. The van der Waals surface area contributed by atoms with E-state index in [4.69, 9.17) is 5.11 Å². The number of carboxylic acid groups (broad SMARTS) is 1. The van der Waals surface area contributed by atoms with Crippen LogP contribution in [0.15, 0.2) is 66.7 Å². The number of carbonyl (C=O) groups is 1. The van der Waals surface area contributed by atoms with Crippen molar-refractivity contribution in [3.05, 3.63) is 94.8 Å². The van der Waals surface area contributed by atoms with E-state index < -0.39 is 11.5 Å². The Morgan fingerprint density at radius 1 is 1.07 bits per heavy atom. The molecule has 5 heteroatoms. The maximum absolute atomic E-state index is 13.5. The summed E-state index contributed by atoms with van der Waals surface area (Å²) in [6.07, 6.45) is 1.35. The van der Waals surface area contributed by atoms with Gasteiger partial charge in [0.15, 0.2) is 0 Å². The molecule has 0 spiro atoms. The lowest BCUT2D eigenvalue weighted by atomic mass is 9.76. The average molecular weight is 405 g/mol. The predicted octanol–water partition coefficient (Wildman–Crippen LogP) is 4.87. The largest absolute Gasteiger partial charge is 0.508 e. The zero-order chi connectivity index (χ0) is 21.3. The van der Waals surface area contributed by atoms with Crippen LogP contribution in [0.4, 0.5) is 10.1 Å². The summed E-state index contributed by atoms with van der Waals surface area (Å²) in [5.41, 5.74) is 4.61. The third-order valence-corrected chi connectivity index (χ3v) is 6.04. The van der Waals surface area contributed by atoms with Gasteiger partial charge >= 0.3 is 5.97 Å². The van der Waals surface area contributed by atoms with Gasteiger partial charge in [-0.1, -0.05) is 30.3 Å². The number of phenolic OH excluding ortho intramolecular Hbond substituents is 1. The number of fused-ring (bicyclic) bond motifs is 1. The first-order valence-electron chi connectivity index (χ1n) is 10.0. The second-order valence-electron chi connectivity index (χ2n) is 7.88. The van der Waals surface area contributed by atoms with E-state index in [1.54, 1.807) is 18.2 Å². The number of carboxylic acids is 1. The second kappa shape index (κ2) is 7.82. The molecule has 2 N–H and O–H groups in total. The molecule has 4 rings (SSSR count). The summed E-state index contributed by atoms with van der Waals surface area (Å²) in [5.74, 6) is -0.838. The Morgan fingerprint density at radius 3 is 2.43 bits per heavy atom. The highest BCUT2D eigenvalue weighted by Gasteiger charge is 2.40. The van der Waals surface area contributed by atoms with Gasteiger partial charge in [0.2, 0.25) is 0 Å². The van der Waals surface area contributed by atoms with Crippen LogP contribution in [0.5, 0.6) is 5.75 Å². The van der Waals surface area contributed by atoms with Gasteiger partial charge in [0, 0.05) is 18.7 Å². The molecule has 154 valence electrons. The van der Waals surface area contributed by atoms with Crippen LogP contribution in [0.25, 0.3) is 0 Å². The number of rotatable bonds is 5. The van der Waals surface area contributed by atoms with Crippen LogP contribution in [-0.4, -0.2) is 22.7 Å². The number of aromatic hydroxyl groups is 1. The molecule has 30 heavy (non-hydrogen) atoms. The number of aryl methyl sites for hydroxylation is 1. The number of nitrogens with zero attached hydrogens (tertiary/aromatic N) is 1. The first-order chi connectivity index (χ1) is 14.4. The number of halogens is 1. The highest BCUT2D eigenvalue weighted by molar-refractivity contribution is 5.67. The standard InChI is InChI=1S/C25H24FNO3/c1-25(19-5-2-17(3-6-19)4-13-24(29)30)23-12-11-22(28)16-18(23)14-15-27(25)21-9-7-20(26)8-10-21/h2-3,5-12,16,28H,4,13-15H2,1H3,(H,29,30). The number of benzene rings is 3. The highest BCUT2D eigenvalue weighted by Crippen LogP contribution is 2.44. The van der Waals surface area contributed by atoms with Gasteiger partial charge in [-0.3, -0.25) is 4.79 Å². The number of phenols is 1. The smallest absolute Gasteiger partial charge is 0.303 e. The quantitative estimate of drug-likeness (QED) is 0.636. The van der Waals surface area contributed by atoms with Crippen LogP contribution < -0.4 is 4.90 Å². The molecule has 1 aliphatic rings. The van der Waals surface area contributed by atoms with Crippen LogP contribution in [0.2, 0.25) is 0 Å². The van der Waals surface area contributed by atoms with E-state index in [0.29, 0.717) is 6.42 Å². The maximum atomic E-state index is 13.5. The second-order valence-corrected chi connectivity index (χ2v) is 7.88. The van der Waals surface area contributed by atoms with Gasteiger partial charge in [-0.15, -0.1) is 0 Å². The summed E-state index contributed by atoms with van der Waals surface area (Å²) in [6.45, 7) is 2.86. The molecule has 4 nitrogen and oxygen atoms in total. The molecule has 3 aromatic rings. The fraction of sp³-hybridized carbons (Fsp3) is 0.240. The SMILES string of the molecule is CC1(c2ccc(CCC(=O)O)cc2)c2ccc(O)cc2CCN1c1ccc(F)cc1. The van der Waals surface area contributed by atoms with Gasteiger partial charge in [0.1, 0.15) is 11.6 Å². The van der Waals surface area contributed by atoms with Crippen molar-refractivity contribution < 1.29 is 19.4 Å². The van der Waals surface area contributed by atoms with Gasteiger partial charge in [0.05, 0.1) is 5.54 Å². The van der Waals surface area contributed by atoms with Crippen molar-refractivity contribution in [2.24, 2.45) is 0 Å². The van der Waals surface area contributed by atoms with Crippen LogP contribution in [0.3, 0.4) is 0 Å². The van der Waals surface area contributed by atoms with Crippen molar-refractivity contribution in [2.75, 3.05) is 11.4 Å². The summed E-state index contributed by atoms with van der Waals surface area (Å²) in [5, 5.41) is 18.9. The average Bonchev–Trinajstić information content (AvgIpc) is 2.73. The molecule has 1 atom stereocenters. The van der Waals surface area contributed by atoms with E-state index in [1.807, 2.05) is 36.4 Å². The first kappa shape index (κ1) is 20.0. The molecule has 0 amide bonds. The van der Waals surface area contributed by atoms with E-state index >= 15 is 0 Å². The lowest BCUT2D eigenvalue weighted by Gasteiger charge is -2.48. The number of hydrogen-bond donors (Lipinski definition) is 2. The fourth-order valence-electron chi connectivity index (χ4n) is 4.43. The molecule has 0 fully saturated rings. The summed E-state index contributed by atoms with van der Waals surface area (Å²) in [7, 11) is 0. The molecular formula is C25H24FNO3. The van der Waals surface area contributed by atoms with Crippen molar-refractivity contribution >= 4 is 11.7 Å². The first-order valence-corrected chi connectivity index (χ1v) is 10.0. The van der Waals surface area contributed by atoms with E-state index in [2.05, 4.69) is 11.8 Å². The minimum atomic E-state index is -0.811. The minimum Gasteiger partial charge on any atom is -0.508 e. The Labute approximate surface area is 175 Å². The Kier molecular flexibility index (Phi) is 5.20. The van der Waals surface area contributed by atoms with Crippen LogP contribution in [0, 0.1) is 5.82 Å². The van der Waals surface area contributed by atoms with Gasteiger partial charge in [-0.2, -0.15) is 0 Å². The van der Waals surface area contributed by atoms with E-state index in [-0.39, 0.29) is 18.0 Å². The van der Waals surface area contributed by atoms with Crippen molar-refractivity contribution in [1.82, 2.24) is 0 Å². The minimum absolute atomic E-state index is 0.0976. The maximum Gasteiger partial charge on any atom is 0.303 e. The summed E-state index contributed by atoms with van der Waals surface area (Å²) < 4.78 is 13.5. The van der Waals surface area contributed by atoms with Crippen LogP contribution in [0.1, 0.15) is 35.6 Å². The molecule has 0 saturated carbocycles. The van der Waals surface area contributed by atoms with Crippen molar-refractivity contribution in [2.45, 2.75) is 31.7 Å². The number of hydrogen-bond acceptors (Lipinski definition) is 3. The van der Waals surface area contributed by atoms with E-state index in [1.165, 1.54) is 12.1 Å². The molecule has 0 radical (unpaired) electrons. The van der Waals surface area contributed by atoms with Crippen LogP contribution >= 0.6 is 0 Å². The van der Waals surface area contributed by atoms with Crippen LogP contribution in [-0.2, 0) is 23.2 Å². The monoisotopic (exact) mass is 405 g/mol. The molecule has 0 aromatic heterocycles. The van der Waals surface area contributed by atoms with E-state index in [0.717, 1.165) is 40.9 Å². The number of aliphatic carboxylic acids is 1. The molecule has 1 aliphatic heterocycles. The Balaban J connectivity index is 1.80. The normalized spacial score (nSPS) is 18.1. The fourth-order valence-corrected chi connectivity index (χ4v) is 4.43. The summed E-state index contributed by atoms with van der Waals surface area (Å²) in [6, 6.07) is 20.0. The van der Waals surface area contributed by atoms with Gasteiger partial charge in [0.25, 0.3) is 0 Å². The predicted molar refractivity (Wildman–Crippen MR) is 114 cm³/mol. The molecule has 0 aliphatic carbocycles. The van der Waals surface area contributed by atoms with Crippen molar-refractivity contribution in [1.29, 1.82) is 0 Å². The topological polar surface area (TPSA) is 60.8 Å². The lowest BCUT2D eigenvalue weighted by molar-refractivity contribution is -0.136. The van der Waals surface area contributed by atoms with E-state index in [9.17, 15) is 14.3 Å². The zero-order valence-corrected chi connectivity index (χ0v) is 16.8. The highest BCUT2D eigenvalue weighted by atomic mass is 19.1. The molecule has 3 aromatic carbocycles. The zero-order valence-electron chi connectivity index (χ0n) is 16.8. The molecule has 1 heterocycles. The molecule has 1 unspecified atom stereocenters.